The van der Waals surface area contributed by atoms with Crippen molar-refractivity contribution >= 4 is 35.5 Å². The molecule has 1 heterocycles. The van der Waals surface area contributed by atoms with Crippen LogP contribution in [0.2, 0.25) is 0 Å². The SMILES string of the molecule is C=C(CC)C(C(CC(=O)N1CSC1C(OC)C(C)C(=O)NC(Cc1ccccc1)C(=O)O)OC)N(C)C(=O)CC(C)C. The molecular weight excluding hydrogens is 558 g/mol. The first kappa shape index (κ1) is 35.3. The highest BCUT2D eigenvalue weighted by atomic mass is 32.2. The van der Waals surface area contributed by atoms with Crippen molar-refractivity contribution in [3.8, 4) is 0 Å². The lowest BCUT2D eigenvalue weighted by molar-refractivity contribution is -0.145. The molecule has 2 rings (SSSR count). The molecule has 234 valence electrons. The van der Waals surface area contributed by atoms with E-state index in [-0.39, 0.29) is 30.6 Å². The van der Waals surface area contributed by atoms with Crippen molar-refractivity contribution in [1.29, 1.82) is 0 Å². The minimum absolute atomic E-state index is 0.0196. The summed E-state index contributed by atoms with van der Waals surface area (Å²) in [5.41, 5.74) is 1.59. The molecule has 0 aromatic heterocycles. The molecule has 1 saturated heterocycles. The van der Waals surface area contributed by atoms with Crippen LogP contribution in [0.1, 0.15) is 52.5 Å². The number of ether oxygens (including phenoxy) is 2. The monoisotopic (exact) mass is 605 g/mol. The summed E-state index contributed by atoms with van der Waals surface area (Å²) < 4.78 is 11.5. The summed E-state index contributed by atoms with van der Waals surface area (Å²) in [4.78, 5) is 54.8. The molecule has 1 aromatic carbocycles. The van der Waals surface area contributed by atoms with E-state index in [9.17, 15) is 24.3 Å². The molecule has 1 aliphatic heterocycles. The van der Waals surface area contributed by atoms with Gasteiger partial charge in [-0.2, -0.15) is 0 Å². The number of carboxylic acid groups (broad SMARTS) is 1. The van der Waals surface area contributed by atoms with Crippen LogP contribution in [0.4, 0.5) is 0 Å². The number of nitrogens with zero attached hydrogens (tertiary/aromatic N) is 2. The highest BCUT2D eigenvalue weighted by Gasteiger charge is 2.45. The van der Waals surface area contributed by atoms with Crippen molar-refractivity contribution < 1.29 is 33.8 Å². The fourth-order valence-electron chi connectivity index (χ4n) is 5.05. The molecule has 1 fully saturated rings. The minimum atomic E-state index is -1.13. The van der Waals surface area contributed by atoms with Gasteiger partial charge < -0.3 is 29.7 Å². The first-order chi connectivity index (χ1) is 19.9. The largest absolute Gasteiger partial charge is 0.480 e. The topological polar surface area (TPSA) is 125 Å². The van der Waals surface area contributed by atoms with Gasteiger partial charge in [-0.1, -0.05) is 70.2 Å². The van der Waals surface area contributed by atoms with Gasteiger partial charge in [0.2, 0.25) is 17.7 Å². The van der Waals surface area contributed by atoms with Gasteiger partial charge in [-0.15, -0.1) is 11.8 Å². The summed E-state index contributed by atoms with van der Waals surface area (Å²) in [5.74, 6) is -1.95. The Morgan fingerprint density at radius 2 is 1.76 bits per heavy atom. The summed E-state index contributed by atoms with van der Waals surface area (Å²) >= 11 is 1.48. The standard InChI is InChI=1S/C31H47N3O7S/c1-9-20(4)27(33(6)25(35)15-19(2)3)24(40-7)17-26(36)34-18-42-30(34)28(41-8)21(5)29(37)32-23(31(38)39)16-22-13-11-10-12-14-22/h10-14,19,21,23-24,27-28,30H,4,9,15-18H2,1-3,5-8H3,(H,32,37)(H,38,39). The van der Waals surface area contributed by atoms with E-state index in [4.69, 9.17) is 9.47 Å². The van der Waals surface area contributed by atoms with E-state index < -0.39 is 47.5 Å². The number of carbonyl (C=O) groups is 4. The van der Waals surface area contributed by atoms with Gasteiger partial charge in [0.05, 0.1) is 36.5 Å². The van der Waals surface area contributed by atoms with Crippen LogP contribution in [-0.4, -0.2) is 95.4 Å². The Balaban J connectivity index is 2.12. The van der Waals surface area contributed by atoms with Crippen LogP contribution >= 0.6 is 11.8 Å². The predicted molar refractivity (Wildman–Crippen MR) is 164 cm³/mol. The molecule has 0 bridgehead atoms. The zero-order chi connectivity index (χ0) is 31.6. The lowest BCUT2D eigenvalue weighted by atomic mass is 9.95. The average Bonchev–Trinajstić information content (AvgIpc) is 2.93. The Kier molecular flexibility index (Phi) is 14.0. The van der Waals surface area contributed by atoms with Gasteiger partial charge in [0.15, 0.2) is 0 Å². The summed E-state index contributed by atoms with van der Waals surface area (Å²) in [5, 5.41) is 11.9. The second-order valence-corrected chi connectivity index (χ2v) is 12.2. The first-order valence-electron chi connectivity index (χ1n) is 14.3. The molecule has 0 saturated carbocycles. The summed E-state index contributed by atoms with van der Waals surface area (Å²) in [6.45, 7) is 11.7. The molecule has 1 aliphatic rings. The van der Waals surface area contributed by atoms with Crippen LogP contribution in [0.25, 0.3) is 0 Å². The number of rotatable bonds is 17. The van der Waals surface area contributed by atoms with Crippen molar-refractivity contribution in [2.24, 2.45) is 11.8 Å². The van der Waals surface area contributed by atoms with Crippen molar-refractivity contribution in [2.45, 2.75) is 83.0 Å². The number of amides is 3. The maximum absolute atomic E-state index is 13.5. The van der Waals surface area contributed by atoms with E-state index >= 15 is 0 Å². The second-order valence-electron chi connectivity index (χ2n) is 11.2. The molecule has 1 aromatic rings. The smallest absolute Gasteiger partial charge is 0.326 e. The van der Waals surface area contributed by atoms with E-state index in [1.807, 2.05) is 51.1 Å². The normalized spacial score (nSPS) is 18.3. The van der Waals surface area contributed by atoms with E-state index in [1.54, 1.807) is 23.8 Å². The van der Waals surface area contributed by atoms with Crippen LogP contribution in [0.15, 0.2) is 42.5 Å². The van der Waals surface area contributed by atoms with Gasteiger partial charge in [0.1, 0.15) is 11.4 Å². The van der Waals surface area contributed by atoms with Crippen LogP contribution in [0.3, 0.4) is 0 Å². The Labute approximate surface area is 254 Å². The van der Waals surface area contributed by atoms with Crippen molar-refractivity contribution in [3.05, 3.63) is 48.0 Å². The Hall–Kier alpha value is -2.89. The van der Waals surface area contributed by atoms with Crippen molar-refractivity contribution in [2.75, 3.05) is 27.1 Å². The average molecular weight is 606 g/mol. The maximum Gasteiger partial charge on any atom is 0.326 e. The van der Waals surface area contributed by atoms with Gasteiger partial charge in [0, 0.05) is 34.1 Å². The molecule has 0 spiro atoms. The van der Waals surface area contributed by atoms with Gasteiger partial charge in [-0.3, -0.25) is 14.4 Å². The van der Waals surface area contributed by atoms with E-state index in [2.05, 4.69) is 11.9 Å². The number of likely N-dealkylation sites (N-methyl/N-ethyl adjacent to an activating group) is 1. The molecular formula is C31H47N3O7S. The Morgan fingerprint density at radius 1 is 1.12 bits per heavy atom. The molecule has 11 heteroatoms. The number of carbonyl (C=O) groups excluding carboxylic acids is 3. The quantitative estimate of drug-likeness (QED) is 0.258. The lowest BCUT2D eigenvalue weighted by Gasteiger charge is -2.46. The predicted octanol–water partition coefficient (Wildman–Crippen LogP) is 3.55. The molecule has 10 nitrogen and oxygen atoms in total. The number of benzene rings is 1. The summed E-state index contributed by atoms with van der Waals surface area (Å²) in [6, 6.07) is 7.51. The highest BCUT2D eigenvalue weighted by molar-refractivity contribution is 8.01. The molecule has 0 radical (unpaired) electrons. The molecule has 6 unspecified atom stereocenters. The van der Waals surface area contributed by atoms with Crippen LogP contribution < -0.4 is 5.32 Å². The fourth-order valence-corrected chi connectivity index (χ4v) is 6.32. The third-order valence-corrected chi connectivity index (χ3v) is 8.96. The fraction of sp³-hybridized carbons (Fsp3) is 0.613. The number of thioether (sulfide) groups is 1. The van der Waals surface area contributed by atoms with E-state index in [0.717, 1.165) is 11.1 Å². The van der Waals surface area contributed by atoms with E-state index in [0.29, 0.717) is 18.7 Å². The first-order valence-corrected chi connectivity index (χ1v) is 15.4. The zero-order valence-electron chi connectivity index (χ0n) is 25.9. The van der Waals surface area contributed by atoms with E-state index in [1.165, 1.54) is 26.0 Å². The van der Waals surface area contributed by atoms with Crippen molar-refractivity contribution in [3.63, 3.8) is 0 Å². The van der Waals surface area contributed by atoms with Gasteiger partial charge in [-0.05, 0) is 17.9 Å². The molecule has 0 aliphatic carbocycles. The molecule has 42 heavy (non-hydrogen) atoms. The Bertz CT molecular complexity index is 1080. The minimum Gasteiger partial charge on any atom is -0.480 e. The van der Waals surface area contributed by atoms with Crippen molar-refractivity contribution in [1.82, 2.24) is 15.1 Å². The number of methoxy groups -OCH3 is 2. The van der Waals surface area contributed by atoms with Crippen LogP contribution in [0, 0.1) is 11.8 Å². The molecule has 2 N–H and O–H groups in total. The highest BCUT2D eigenvalue weighted by Crippen LogP contribution is 2.37. The zero-order valence-corrected chi connectivity index (χ0v) is 26.7. The van der Waals surface area contributed by atoms with Gasteiger partial charge >= 0.3 is 5.97 Å². The number of hydrogen-bond acceptors (Lipinski definition) is 7. The number of aliphatic carboxylic acids is 1. The third-order valence-electron chi connectivity index (χ3n) is 7.67. The second kappa shape index (κ2) is 16.7. The lowest BCUT2D eigenvalue weighted by Crippen LogP contribution is -2.58. The van der Waals surface area contributed by atoms with Crippen LogP contribution in [0.5, 0.6) is 0 Å². The third kappa shape index (κ3) is 9.31. The van der Waals surface area contributed by atoms with Gasteiger partial charge in [0.25, 0.3) is 0 Å². The molecule has 6 atom stereocenters. The van der Waals surface area contributed by atoms with Crippen LogP contribution in [-0.2, 0) is 35.1 Å². The number of carboxylic acids is 1. The summed E-state index contributed by atoms with van der Waals surface area (Å²) in [6.07, 6.45) is -0.106. The number of hydrogen-bond donors (Lipinski definition) is 2. The number of nitrogens with one attached hydrogen (secondary N) is 1. The maximum atomic E-state index is 13.5. The Morgan fingerprint density at radius 3 is 2.24 bits per heavy atom. The summed E-state index contributed by atoms with van der Waals surface area (Å²) in [7, 11) is 4.72. The molecule has 3 amide bonds. The van der Waals surface area contributed by atoms with Gasteiger partial charge in [-0.25, -0.2) is 4.79 Å².